The van der Waals surface area contributed by atoms with Crippen LogP contribution in [0.2, 0.25) is 0 Å². The van der Waals surface area contributed by atoms with E-state index in [1.807, 2.05) is 39.0 Å². The van der Waals surface area contributed by atoms with Crippen molar-refractivity contribution in [2.24, 2.45) is 5.73 Å². The van der Waals surface area contributed by atoms with Crippen molar-refractivity contribution < 1.29 is 0 Å². The number of hydrogen-bond acceptors (Lipinski definition) is 4. The first kappa shape index (κ1) is 12.6. The molecule has 0 aliphatic carbocycles. The van der Waals surface area contributed by atoms with Crippen LogP contribution in [-0.4, -0.2) is 21.0 Å². The van der Waals surface area contributed by atoms with Crippen molar-refractivity contribution in [1.82, 2.24) is 15.0 Å². The molecule has 1 unspecified atom stereocenters. The van der Waals surface area contributed by atoms with Gasteiger partial charge >= 0.3 is 0 Å². The Morgan fingerprint density at radius 3 is 2.44 bits per heavy atom. The van der Waals surface area contributed by atoms with Crippen molar-refractivity contribution in [1.29, 1.82) is 0 Å². The van der Waals surface area contributed by atoms with Crippen LogP contribution in [0.1, 0.15) is 24.0 Å². The molecule has 94 valence electrons. The van der Waals surface area contributed by atoms with Crippen molar-refractivity contribution in [3.8, 4) is 11.4 Å². The predicted molar refractivity (Wildman–Crippen MR) is 72.1 cm³/mol. The van der Waals surface area contributed by atoms with Crippen molar-refractivity contribution in [3.63, 3.8) is 0 Å². The van der Waals surface area contributed by atoms with Crippen LogP contribution in [0.4, 0.5) is 0 Å². The number of nitrogens with zero attached hydrogens (tertiary/aromatic N) is 3. The average molecular weight is 242 g/mol. The van der Waals surface area contributed by atoms with Gasteiger partial charge in [-0.3, -0.25) is 4.98 Å². The molecule has 18 heavy (non-hydrogen) atoms. The minimum absolute atomic E-state index is 0.105. The van der Waals surface area contributed by atoms with E-state index in [1.165, 1.54) is 0 Å². The van der Waals surface area contributed by atoms with Crippen LogP contribution < -0.4 is 5.73 Å². The van der Waals surface area contributed by atoms with Crippen LogP contribution in [0.15, 0.2) is 24.4 Å². The molecule has 0 spiro atoms. The molecule has 0 aliphatic rings. The fourth-order valence-corrected chi connectivity index (χ4v) is 1.94. The third-order valence-corrected chi connectivity index (χ3v) is 2.58. The molecule has 2 N–H and O–H groups in total. The van der Waals surface area contributed by atoms with Crippen molar-refractivity contribution in [3.05, 3.63) is 41.5 Å². The van der Waals surface area contributed by atoms with E-state index < -0.39 is 0 Å². The fraction of sp³-hybridized carbons (Fsp3) is 0.357. The first-order valence-corrected chi connectivity index (χ1v) is 6.08. The maximum atomic E-state index is 5.79. The molecular formula is C14H18N4. The van der Waals surface area contributed by atoms with Gasteiger partial charge in [0.1, 0.15) is 0 Å². The smallest absolute Gasteiger partial charge is 0.159 e. The molecule has 1 atom stereocenters. The first-order chi connectivity index (χ1) is 8.54. The second-order valence-corrected chi connectivity index (χ2v) is 4.69. The fourth-order valence-electron chi connectivity index (χ4n) is 1.94. The highest BCUT2D eigenvalue weighted by molar-refractivity contribution is 5.55. The van der Waals surface area contributed by atoms with Crippen LogP contribution in [0.3, 0.4) is 0 Å². The lowest BCUT2D eigenvalue weighted by Crippen LogP contribution is -2.18. The van der Waals surface area contributed by atoms with Gasteiger partial charge in [-0.05, 0) is 39.0 Å². The van der Waals surface area contributed by atoms with E-state index >= 15 is 0 Å². The van der Waals surface area contributed by atoms with Gasteiger partial charge in [-0.25, -0.2) is 9.97 Å². The summed E-state index contributed by atoms with van der Waals surface area (Å²) in [5.41, 5.74) is 9.73. The van der Waals surface area contributed by atoms with Crippen molar-refractivity contribution in [2.45, 2.75) is 33.2 Å². The average Bonchev–Trinajstić information content (AvgIpc) is 2.27. The Kier molecular flexibility index (Phi) is 3.67. The minimum Gasteiger partial charge on any atom is -0.328 e. The Balaban J connectivity index is 2.38. The highest BCUT2D eigenvalue weighted by atomic mass is 14.9. The topological polar surface area (TPSA) is 64.7 Å². The van der Waals surface area contributed by atoms with Crippen LogP contribution in [-0.2, 0) is 6.42 Å². The molecule has 0 bridgehead atoms. The van der Waals surface area contributed by atoms with Crippen LogP contribution in [0.25, 0.3) is 11.4 Å². The van der Waals surface area contributed by atoms with E-state index in [2.05, 4.69) is 15.0 Å². The maximum Gasteiger partial charge on any atom is 0.159 e. The summed E-state index contributed by atoms with van der Waals surface area (Å²) in [5.74, 6) is 0.738. The van der Waals surface area contributed by atoms with Gasteiger partial charge in [-0.1, -0.05) is 0 Å². The maximum absolute atomic E-state index is 5.79. The summed E-state index contributed by atoms with van der Waals surface area (Å²) >= 11 is 0. The van der Waals surface area contributed by atoms with Crippen molar-refractivity contribution in [2.75, 3.05) is 0 Å². The van der Waals surface area contributed by atoms with E-state index in [4.69, 9.17) is 5.73 Å². The van der Waals surface area contributed by atoms with Crippen LogP contribution >= 0.6 is 0 Å². The second-order valence-electron chi connectivity index (χ2n) is 4.69. The summed E-state index contributed by atoms with van der Waals surface area (Å²) in [6.07, 6.45) is 2.55. The van der Waals surface area contributed by atoms with Gasteiger partial charge in [0.25, 0.3) is 0 Å². The number of rotatable bonds is 3. The highest BCUT2D eigenvalue weighted by Gasteiger charge is 2.06. The Hall–Kier alpha value is -1.81. The van der Waals surface area contributed by atoms with E-state index in [0.717, 1.165) is 34.9 Å². The standard InChI is InChI=1S/C14H18N4/c1-9(15)6-13-4-5-16-14(18-13)12-7-10(2)17-11(3)8-12/h4-5,7-9H,6,15H2,1-3H3. The zero-order valence-electron chi connectivity index (χ0n) is 11.0. The quantitative estimate of drug-likeness (QED) is 0.894. The van der Waals surface area contributed by atoms with Crippen LogP contribution in [0, 0.1) is 13.8 Å². The third-order valence-electron chi connectivity index (χ3n) is 2.58. The molecule has 0 saturated heterocycles. The Morgan fingerprint density at radius 2 is 1.83 bits per heavy atom. The van der Waals surface area contributed by atoms with E-state index in [9.17, 15) is 0 Å². The lowest BCUT2D eigenvalue weighted by Gasteiger charge is -2.07. The molecular weight excluding hydrogens is 224 g/mol. The summed E-state index contributed by atoms with van der Waals surface area (Å²) in [6.45, 7) is 5.92. The zero-order chi connectivity index (χ0) is 13.1. The molecule has 4 heteroatoms. The second kappa shape index (κ2) is 5.23. The molecule has 0 aromatic carbocycles. The summed E-state index contributed by atoms with van der Waals surface area (Å²) in [6, 6.07) is 6.01. The van der Waals surface area contributed by atoms with Crippen LogP contribution in [0.5, 0.6) is 0 Å². The Labute approximate surface area is 107 Å². The summed E-state index contributed by atoms with van der Waals surface area (Å²) in [4.78, 5) is 13.2. The molecule has 0 amide bonds. The molecule has 4 nitrogen and oxygen atoms in total. The largest absolute Gasteiger partial charge is 0.328 e. The highest BCUT2D eigenvalue weighted by Crippen LogP contribution is 2.17. The number of aryl methyl sites for hydroxylation is 2. The third kappa shape index (κ3) is 3.11. The van der Waals surface area contributed by atoms with Gasteiger partial charge in [-0.2, -0.15) is 0 Å². The van der Waals surface area contributed by atoms with Crippen molar-refractivity contribution >= 4 is 0 Å². The molecule has 0 aliphatic heterocycles. The lowest BCUT2D eigenvalue weighted by atomic mass is 10.1. The molecule has 2 aromatic rings. The predicted octanol–water partition coefficient (Wildman–Crippen LogP) is 2.05. The Bertz CT molecular complexity index is 529. The van der Waals surface area contributed by atoms with E-state index in [0.29, 0.717) is 0 Å². The summed E-state index contributed by atoms with van der Waals surface area (Å²) < 4.78 is 0. The summed E-state index contributed by atoms with van der Waals surface area (Å²) in [7, 11) is 0. The van der Waals surface area contributed by atoms with E-state index in [-0.39, 0.29) is 6.04 Å². The number of hydrogen-bond donors (Lipinski definition) is 1. The van der Waals surface area contributed by atoms with Gasteiger partial charge in [0, 0.05) is 41.3 Å². The number of pyridine rings is 1. The normalized spacial score (nSPS) is 12.4. The molecule has 0 fully saturated rings. The Morgan fingerprint density at radius 1 is 1.17 bits per heavy atom. The number of nitrogens with two attached hydrogens (primary N) is 1. The zero-order valence-corrected chi connectivity index (χ0v) is 11.0. The first-order valence-electron chi connectivity index (χ1n) is 6.08. The SMILES string of the molecule is Cc1cc(-c2nccc(CC(C)N)n2)cc(C)n1. The van der Waals surface area contributed by atoms with Gasteiger partial charge in [0.15, 0.2) is 5.82 Å². The van der Waals surface area contributed by atoms with Gasteiger partial charge < -0.3 is 5.73 Å². The molecule has 0 saturated carbocycles. The van der Waals surface area contributed by atoms with E-state index in [1.54, 1.807) is 6.20 Å². The molecule has 0 radical (unpaired) electrons. The lowest BCUT2D eigenvalue weighted by molar-refractivity contribution is 0.720. The molecule has 2 aromatic heterocycles. The van der Waals surface area contributed by atoms with Gasteiger partial charge in [-0.15, -0.1) is 0 Å². The van der Waals surface area contributed by atoms with Gasteiger partial charge in [0.2, 0.25) is 0 Å². The number of aromatic nitrogens is 3. The van der Waals surface area contributed by atoms with Gasteiger partial charge in [0.05, 0.1) is 0 Å². The summed E-state index contributed by atoms with van der Waals surface area (Å²) in [5, 5.41) is 0. The molecule has 2 rings (SSSR count). The minimum atomic E-state index is 0.105. The monoisotopic (exact) mass is 242 g/mol. The molecule has 2 heterocycles.